The van der Waals surface area contributed by atoms with Crippen LogP contribution in [0.5, 0.6) is 0 Å². The van der Waals surface area contributed by atoms with E-state index in [0.29, 0.717) is 12.1 Å². The van der Waals surface area contributed by atoms with Crippen LogP contribution < -0.4 is 0 Å². The summed E-state index contributed by atoms with van der Waals surface area (Å²) in [6.07, 6.45) is 5.63. The molecule has 0 N–H and O–H groups in total. The Labute approximate surface area is 201 Å². The summed E-state index contributed by atoms with van der Waals surface area (Å²) < 4.78 is 8.34. The van der Waals surface area contributed by atoms with Crippen molar-refractivity contribution in [3.05, 3.63) is 45.8 Å². The molecule has 0 saturated heterocycles. The Morgan fingerprint density at radius 3 is 2.70 bits per heavy atom. The van der Waals surface area contributed by atoms with Crippen LogP contribution in [0.2, 0.25) is 25.7 Å². The number of benzene rings is 1. The number of rotatable bonds is 9. The molecule has 0 bridgehead atoms. The van der Waals surface area contributed by atoms with Gasteiger partial charge in [0.2, 0.25) is 0 Å². The van der Waals surface area contributed by atoms with Crippen LogP contribution in [-0.2, 0) is 24.3 Å². The molecule has 180 valence electrons. The standard InChI is InChI=1S/C28H43N3OSi/c1-9-10-24(29-25-14-19(2)13-20(3)21(25)4)27-23-15-22-16-28(22,5)17-26(23)31(30-27)18-32-11-12-33(6,7)8/h13-14,22H,9-12,15-18H2,1-8H3/b29-24+/t22-,28-/m1/s1. The van der Waals surface area contributed by atoms with Gasteiger partial charge in [-0.05, 0) is 86.6 Å². The fraction of sp³-hybridized carbons (Fsp3) is 0.643. The summed E-state index contributed by atoms with van der Waals surface area (Å²) in [5.74, 6) is 0.806. The summed E-state index contributed by atoms with van der Waals surface area (Å²) in [5, 5.41) is 5.17. The minimum absolute atomic E-state index is 0.465. The van der Waals surface area contributed by atoms with Crippen LogP contribution in [-0.4, -0.2) is 30.2 Å². The molecule has 0 radical (unpaired) electrons. The van der Waals surface area contributed by atoms with Crippen molar-refractivity contribution in [2.24, 2.45) is 16.3 Å². The Hall–Kier alpha value is -1.72. The molecule has 4 nitrogen and oxygen atoms in total. The Balaban J connectivity index is 1.69. The van der Waals surface area contributed by atoms with Crippen molar-refractivity contribution < 1.29 is 4.74 Å². The molecule has 1 heterocycles. The lowest BCUT2D eigenvalue weighted by Gasteiger charge is -2.21. The highest BCUT2D eigenvalue weighted by Crippen LogP contribution is 2.59. The topological polar surface area (TPSA) is 39.4 Å². The van der Waals surface area contributed by atoms with Crippen molar-refractivity contribution in [3.8, 4) is 0 Å². The van der Waals surface area contributed by atoms with Gasteiger partial charge in [0.1, 0.15) is 12.4 Å². The Morgan fingerprint density at radius 1 is 1.24 bits per heavy atom. The largest absolute Gasteiger partial charge is 0.360 e. The smallest absolute Gasteiger partial charge is 0.139 e. The predicted octanol–water partition coefficient (Wildman–Crippen LogP) is 7.17. The quantitative estimate of drug-likeness (QED) is 0.224. The van der Waals surface area contributed by atoms with Crippen molar-refractivity contribution in [2.45, 2.75) is 99.1 Å². The highest BCUT2D eigenvalue weighted by Gasteiger charge is 2.54. The Morgan fingerprint density at radius 2 is 2.00 bits per heavy atom. The Kier molecular flexibility index (Phi) is 6.76. The third-order valence-corrected chi connectivity index (χ3v) is 9.44. The minimum Gasteiger partial charge on any atom is -0.360 e. The second-order valence-electron chi connectivity index (χ2n) is 12.1. The van der Waals surface area contributed by atoms with E-state index in [2.05, 4.69) is 71.1 Å². The lowest BCUT2D eigenvalue weighted by atomic mass is 9.86. The lowest BCUT2D eigenvalue weighted by Crippen LogP contribution is -2.23. The monoisotopic (exact) mass is 465 g/mol. The molecule has 0 spiro atoms. The van der Waals surface area contributed by atoms with E-state index in [0.717, 1.165) is 55.3 Å². The first-order chi connectivity index (χ1) is 15.5. The van der Waals surface area contributed by atoms with Crippen LogP contribution in [0.1, 0.15) is 66.8 Å². The second-order valence-corrected chi connectivity index (χ2v) is 17.7. The SMILES string of the molecule is CCC/C(=N\c1cc(C)cc(C)c1C)c1nn(COCC[Si](C)(C)C)c2c1C[C@@H]1C[C@]1(C)C2. The van der Waals surface area contributed by atoms with Gasteiger partial charge in [0, 0.05) is 25.9 Å². The minimum atomic E-state index is -1.10. The van der Waals surface area contributed by atoms with Crippen molar-refractivity contribution in [2.75, 3.05) is 6.61 Å². The fourth-order valence-electron chi connectivity index (χ4n) is 5.23. The van der Waals surface area contributed by atoms with Crippen molar-refractivity contribution in [1.82, 2.24) is 9.78 Å². The molecule has 33 heavy (non-hydrogen) atoms. The van der Waals surface area contributed by atoms with E-state index in [1.54, 1.807) is 0 Å². The maximum Gasteiger partial charge on any atom is 0.139 e. The van der Waals surface area contributed by atoms with Crippen LogP contribution in [0.3, 0.4) is 0 Å². The highest BCUT2D eigenvalue weighted by molar-refractivity contribution is 6.76. The molecule has 0 unspecified atom stereocenters. The van der Waals surface area contributed by atoms with Gasteiger partial charge in [-0.3, -0.25) is 4.99 Å². The van der Waals surface area contributed by atoms with Gasteiger partial charge in [0.05, 0.1) is 11.4 Å². The number of fused-ring (bicyclic) bond motifs is 2. The molecule has 2 atom stereocenters. The van der Waals surface area contributed by atoms with Crippen LogP contribution >= 0.6 is 0 Å². The lowest BCUT2D eigenvalue weighted by molar-refractivity contribution is 0.0755. The van der Waals surface area contributed by atoms with Gasteiger partial charge in [0.25, 0.3) is 0 Å². The maximum absolute atomic E-state index is 6.16. The van der Waals surface area contributed by atoms with E-state index in [1.807, 2.05) is 0 Å². The first-order valence-corrected chi connectivity index (χ1v) is 16.5. The van der Waals surface area contributed by atoms with Gasteiger partial charge in [-0.25, -0.2) is 4.68 Å². The molecule has 0 amide bonds. The molecule has 2 aliphatic carbocycles. The van der Waals surface area contributed by atoms with Gasteiger partial charge in [0.15, 0.2) is 0 Å². The first-order valence-electron chi connectivity index (χ1n) is 12.8. The van der Waals surface area contributed by atoms with Crippen LogP contribution in [0.4, 0.5) is 5.69 Å². The third kappa shape index (κ3) is 5.35. The van der Waals surface area contributed by atoms with E-state index in [-0.39, 0.29) is 0 Å². The molecule has 2 aliphatic rings. The average Bonchev–Trinajstić information content (AvgIpc) is 3.27. The molecule has 0 aliphatic heterocycles. The summed E-state index contributed by atoms with van der Waals surface area (Å²) in [6, 6.07) is 5.66. The van der Waals surface area contributed by atoms with Gasteiger partial charge >= 0.3 is 0 Å². The van der Waals surface area contributed by atoms with Crippen molar-refractivity contribution >= 4 is 19.5 Å². The fourth-order valence-corrected chi connectivity index (χ4v) is 5.98. The number of aliphatic imine (C=N–C) groups is 1. The van der Waals surface area contributed by atoms with E-state index in [1.165, 1.54) is 40.4 Å². The Bertz CT molecular complexity index is 1060. The summed E-state index contributed by atoms with van der Waals surface area (Å²) in [4.78, 5) is 5.25. The summed E-state index contributed by atoms with van der Waals surface area (Å²) >= 11 is 0. The van der Waals surface area contributed by atoms with E-state index < -0.39 is 8.07 Å². The molecule has 5 heteroatoms. The predicted molar refractivity (Wildman–Crippen MR) is 142 cm³/mol. The van der Waals surface area contributed by atoms with Crippen LogP contribution in [0.15, 0.2) is 17.1 Å². The number of hydrogen-bond acceptors (Lipinski definition) is 3. The molecular formula is C28H43N3OSi. The van der Waals surface area contributed by atoms with E-state index in [9.17, 15) is 0 Å². The number of hydrogen-bond donors (Lipinski definition) is 0. The van der Waals surface area contributed by atoms with Crippen LogP contribution in [0.25, 0.3) is 0 Å². The molecule has 4 rings (SSSR count). The zero-order valence-corrected chi connectivity index (χ0v) is 23.1. The van der Waals surface area contributed by atoms with Crippen molar-refractivity contribution in [1.29, 1.82) is 0 Å². The van der Waals surface area contributed by atoms with Crippen molar-refractivity contribution in [3.63, 3.8) is 0 Å². The zero-order valence-electron chi connectivity index (χ0n) is 22.1. The number of ether oxygens (including phenoxy) is 1. The highest BCUT2D eigenvalue weighted by atomic mass is 28.3. The second kappa shape index (κ2) is 9.14. The zero-order chi connectivity index (χ0) is 24.0. The molecular weight excluding hydrogens is 422 g/mol. The van der Waals surface area contributed by atoms with E-state index >= 15 is 0 Å². The third-order valence-electron chi connectivity index (χ3n) is 7.74. The molecule has 1 fully saturated rings. The number of aromatic nitrogens is 2. The molecule has 1 saturated carbocycles. The summed E-state index contributed by atoms with van der Waals surface area (Å²) in [6.45, 7) is 19.8. The number of nitrogens with zero attached hydrogens (tertiary/aromatic N) is 3. The average molecular weight is 466 g/mol. The molecule has 2 aromatic rings. The summed E-state index contributed by atoms with van der Waals surface area (Å²) in [7, 11) is -1.10. The van der Waals surface area contributed by atoms with Gasteiger partial charge in [-0.15, -0.1) is 0 Å². The van der Waals surface area contributed by atoms with Gasteiger partial charge < -0.3 is 4.74 Å². The van der Waals surface area contributed by atoms with Gasteiger partial charge in [-0.2, -0.15) is 5.10 Å². The molecule has 1 aromatic heterocycles. The van der Waals surface area contributed by atoms with Gasteiger partial charge in [-0.1, -0.05) is 46.0 Å². The summed E-state index contributed by atoms with van der Waals surface area (Å²) in [5.41, 5.74) is 10.5. The maximum atomic E-state index is 6.16. The first kappa shape index (κ1) is 24.4. The van der Waals surface area contributed by atoms with E-state index in [4.69, 9.17) is 14.8 Å². The van der Waals surface area contributed by atoms with Crippen LogP contribution in [0, 0.1) is 32.1 Å². The molecule has 1 aromatic carbocycles. The number of aryl methyl sites for hydroxylation is 2. The normalized spacial score (nSPS) is 22.3.